The summed E-state index contributed by atoms with van der Waals surface area (Å²) in [6.45, 7) is 0. The molecule has 0 saturated carbocycles. The van der Waals surface area contributed by atoms with Crippen LogP contribution in [0.1, 0.15) is 10.4 Å². The standard InChI is InChI=1S/C11H8N4O3/c1-18-9-4-2-3-8(11(16)17)10(9)15-14-7(5-12)6-13/h2-4,15H,1H3,(H,16,17). The summed E-state index contributed by atoms with van der Waals surface area (Å²) in [5.74, 6) is -0.934. The second-order valence-electron chi connectivity index (χ2n) is 2.98. The summed E-state index contributed by atoms with van der Waals surface area (Å²) in [5, 5.41) is 29.5. The molecule has 0 heterocycles. The lowest BCUT2D eigenvalue weighted by Gasteiger charge is -2.10. The van der Waals surface area contributed by atoms with E-state index in [-0.39, 0.29) is 17.0 Å². The van der Waals surface area contributed by atoms with Crippen LogP contribution in [0.3, 0.4) is 0 Å². The first-order valence-electron chi connectivity index (χ1n) is 4.68. The Labute approximate surface area is 103 Å². The molecule has 0 fully saturated rings. The molecule has 7 heteroatoms. The molecule has 90 valence electrons. The maximum absolute atomic E-state index is 11.0. The van der Waals surface area contributed by atoms with Gasteiger partial charge < -0.3 is 9.84 Å². The number of ether oxygens (including phenoxy) is 1. The van der Waals surface area contributed by atoms with Gasteiger partial charge in [0, 0.05) is 0 Å². The highest BCUT2D eigenvalue weighted by molar-refractivity contribution is 6.10. The summed E-state index contributed by atoms with van der Waals surface area (Å²) in [5.41, 5.74) is 1.94. The van der Waals surface area contributed by atoms with Gasteiger partial charge in [0.2, 0.25) is 5.71 Å². The lowest BCUT2D eigenvalue weighted by Crippen LogP contribution is -2.05. The summed E-state index contributed by atoms with van der Waals surface area (Å²) < 4.78 is 4.97. The van der Waals surface area contributed by atoms with Gasteiger partial charge in [-0.05, 0) is 12.1 Å². The van der Waals surface area contributed by atoms with Gasteiger partial charge in [-0.15, -0.1) is 0 Å². The van der Waals surface area contributed by atoms with Gasteiger partial charge in [0.15, 0.2) is 0 Å². The molecular formula is C11H8N4O3. The van der Waals surface area contributed by atoms with E-state index in [0.29, 0.717) is 0 Å². The highest BCUT2D eigenvalue weighted by Crippen LogP contribution is 2.28. The van der Waals surface area contributed by atoms with Crippen LogP contribution in [0.2, 0.25) is 0 Å². The molecule has 0 unspecified atom stereocenters. The number of methoxy groups -OCH3 is 1. The van der Waals surface area contributed by atoms with Crippen LogP contribution in [0.4, 0.5) is 5.69 Å². The second kappa shape index (κ2) is 5.87. The van der Waals surface area contributed by atoms with Crippen molar-refractivity contribution in [3.05, 3.63) is 23.8 Å². The molecule has 0 aromatic heterocycles. The van der Waals surface area contributed by atoms with Crippen molar-refractivity contribution in [3.8, 4) is 17.9 Å². The van der Waals surface area contributed by atoms with Crippen molar-refractivity contribution in [3.63, 3.8) is 0 Å². The fourth-order valence-electron chi connectivity index (χ4n) is 1.18. The van der Waals surface area contributed by atoms with Gasteiger partial charge >= 0.3 is 5.97 Å². The molecule has 0 amide bonds. The van der Waals surface area contributed by atoms with E-state index >= 15 is 0 Å². The summed E-state index contributed by atoms with van der Waals surface area (Å²) in [6, 6.07) is 7.48. The number of hydrogen-bond donors (Lipinski definition) is 2. The summed E-state index contributed by atoms with van der Waals surface area (Å²) in [7, 11) is 1.37. The zero-order valence-electron chi connectivity index (χ0n) is 9.34. The maximum Gasteiger partial charge on any atom is 0.338 e. The Morgan fingerprint density at radius 2 is 2.11 bits per heavy atom. The number of hydrazone groups is 1. The van der Waals surface area contributed by atoms with Gasteiger partial charge in [0.1, 0.15) is 23.6 Å². The van der Waals surface area contributed by atoms with E-state index in [2.05, 4.69) is 10.5 Å². The van der Waals surface area contributed by atoms with Crippen LogP contribution < -0.4 is 10.2 Å². The van der Waals surface area contributed by atoms with Crippen molar-refractivity contribution in [2.45, 2.75) is 0 Å². The number of nitriles is 2. The molecule has 0 bridgehead atoms. The van der Waals surface area contributed by atoms with Crippen LogP contribution in [0, 0.1) is 22.7 Å². The lowest BCUT2D eigenvalue weighted by molar-refractivity contribution is 0.0697. The molecular weight excluding hydrogens is 236 g/mol. The Hall–Kier alpha value is -3.06. The van der Waals surface area contributed by atoms with Crippen molar-refractivity contribution in [1.29, 1.82) is 10.5 Å². The topological polar surface area (TPSA) is 118 Å². The van der Waals surface area contributed by atoms with Gasteiger partial charge in [-0.3, -0.25) is 5.43 Å². The highest BCUT2D eigenvalue weighted by atomic mass is 16.5. The Morgan fingerprint density at radius 3 is 2.61 bits per heavy atom. The third kappa shape index (κ3) is 2.74. The Morgan fingerprint density at radius 1 is 1.44 bits per heavy atom. The molecule has 0 spiro atoms. The molecule has 0 aliphatic rings. The number of benzene rings is 1. The zero-order valence-corrected chi connectivity index (χ0v) is 9.34. The van der Waals surface area contributed by atoms with E-state index < -0.39 is 11.7 Å². The van der Waals surface area contributed by atoms with Crippen LogP contribution in [-0.2, 0) is 0 Å². The average Bonchev–Trinajstić information content (AvgIpc) is 2.39. The Bertz CT molecular complexity index is 565. The van der Waals surface area contributed by atoms with Crippen LogP contribution in [0.15, 0.2) is 23.3 Å². The van der Waals surface area contributed by atoms with E-state index in [0.717, 1.165) is 0 Å². The fourth-order valence-corrected chi connectivity index (χ4v) is 1.18. The van der Waals surface area contributed by atoms with Crippen molar-refractivity contribution in [2.75, 3.05) is 12.5 Å². The maximum atomic E-state index is 11.0. The first-order chi connectivity index (χ1) is 8.63. The lowest BCUT2D eigenvalue weighted by atomic mass is 10.1. The summed E-state index contributed by atoms with van der Waals surface area (Å²) in [6.07, 6.45) is 0. The molecule has 1 aromatic rings. The Balaban J connectivity index is 3.23. The third-order valence-corrected chi connectivity index (χ3v) is 1.97. The van der Waals surface area contributed by atoms with Crippen molar-refractivity contribution < 1.29 is 14.6 Å². The molecule has 0 atom stereocenters. The first-order valence-corrected chi connectivity index (χ1v) is 4.68. The number of anilines is 1. The van der Waals surface area contributed by atoms with E-state index in [9.17, 15) is 4.79 Å². The fraction of sp³-hybridized carbons (Fsp3) is 0.0909. The molecule has 1 aromatic carbocycles. The monoisotopic (exact) mass is 244 g/mol. The number of hydrogen-bond acceptors (Lipinski definition) is 6. The largest absolute Gasteiger partial charge is 0.494 e. The van der Waals surface area contributed by atoms with Gasteiger partial charge in [0.05, 0.1) is 12.7 Å². The van der Waals surface area contributed by atoms with Gasteiger partial charge in [-0.1, -0.05) is 6.07 Å². The van der Waals surface area contributed by atoms with E-state index in [1.54, 1.807) is 12.1 Å². The Kier molecular flexibility index (Phi) is 4.24. The number of nitrogens with zero attached hydrogens (tertiary/aromatic N) is 3. The van der Waals surface area contributed by atoms with Crippen molar-refractivity contribution >= 4 is 17.4 Å². The number of aromatic carboxylic acids is 1. The van der Waals surface area contributed by atoms with Gasteiger partial charge in [-0.2, -0.15) is 15.6 Å². The smallest absolute Gasteiger partial charge is 0.338 e. The molecule has 7 nitrogen and oxygen atoms in total. The third-order valence-electron chi connectivity index (χ3n) is 1.97. The first kappa shape index (κ1) is 13.0. The predicted octanol–water partition coefficient (Wildman–Crippen LogP) is 1.21. The number of nitrogens with one attached hydrogen (secondary N) is 1. The highest BCUT2D eigenvalue weighted by Gasteiger charge is 2.14. The molecule has 18 heavy (non-hydrogen) atoms. The number of rotatable bonds is 4. The summed E-state index contributed by atoms with van der Waals surface area (Å²) >= 11 is 0. The second-order valence-corrected chi connectivity index (χ2v) is 2.98. The van der Waals surface area contributed by atoms with E-state index in [4.69, 9.17) is 20.4 Å². The normalized spacial score (nSPS) is 8.61. The minimum Gasteiger partial charge on any atom is -0.494 e. The quantitative estimate of drug-likeness (QED) is 0.606. The number of carbonyl (C=O) groups is 1. The zero-order chi connectivity index (χ0) is 13.5. The number of para-hydroxylation sites is 1. The van der Waals surface area contributed by atoms with Crippen LogP contribution in [-0.4, -0.2) is 23.9 Å². The SMILES string of the molecule is COc1cccc(C(=O)O)c1NN=C(C#N)C#N. The predicted molar refractivity (Wildman–Crippen MR) is 62.2 cm³/mol. The molecule has 2 N–H and O–H groups in total. The van der Waals surface area contributed by atoms with Crippen LogP contribution in [0.5, 0.6) is 5.75 Å². The van der Waals surface area contributed by atoms with Gasteiger partial charge in [0.25, 0.3) is 0 Å². The average molecular weight is 244 g/mol. The van der Waals surface area contributed by atoms with E-state index in [1.165, 1.54) is 25.3 Å². The van der Waals surface area contributed by atoms with Crippen molar-refractivity contribution in [1.82, 2.24) is 0 Å². The number of carboxylic acids is 1. The summed E-state index contributed by atoms with van der Waals surface area (Å²) in [4.78, 5) is 11.0. The molecule has 0 saturated heterocycles. The minimum absolute atomic E-state index is 0.0756. The molecule has 0 aliphatic heterocycles. The minimum atomic E-state index is -1.18. The van der Waals surface area contributed by atoms with Crippen LogP contribution in [0.25, 0.3) is 0 Å². The van der Waals surface area contributed by atoms with Crippen LogP contribution >= 0.6 is 0 Å². The van der Waals surface area contributed by atoms with Crippen molar-refractivity contribution in [2.24, 2.45) is 5.10 Å². The number of carboxylic acid groups (broad SMARTS) is 1. The molecule has 0 radical (unpaired) electrons. The molecule has 0 aliphatic carbocycles. The molecule has 1 rings (SSSR count). The van der Waals surface area contributed by atoms with Gasteiger partial charge in [-0.25, -0.2) is 4.79 Å². The van der Waals surface area contributed by atoms with E-state index in [1.807, 2.05) is 0 Å².